The Morgan fingerprint density at radius 1 is 1.25 bits per heavy atom. The molecule has 2 aromatic rings. The molecule has 1 aliphatic heterocycles. The van der Waals surface area contributed by atoms with Crippen LogP contribution < -0.4 is 5.73 Å². The number of nitrogens with zero attached hydrogens (tertiary/aromatic N) is 4. The Balaban J connectivity index is 0.00000147. The van der Waals surface area contributed by atoms with E-state index in [1.807, 2.05) is 0 Å². The van der Waals surface area contributed by atoms with Gasteiger partial charge >= 0.3 is 0 Å². The second-order valence-corrected chi connectivity index (χ2v) is 4.31. The van der Waals surface area contributed by atoms with E-state index in [0.29, 0.717) is 11.2 Å². The Morgan fingerprint density at radius 2 is 2.00 bits per heavy atom. The molecule has 0 amide bonds. The second kappa shape index (κ2) is 5.26. The van der Waals surface area contributed by atoms with Crippen molar-refractivity contribution in [1.82, 2.24) is 19.5 Å². The highest BCUT2D eigenvalue weighted by molar-refractivity contribution is 5.81. The summed E-state index contributed by atoms with van der Waals surface area (Å²) < 4.78 is 6.85. The molecule has 0 spiro atoms. The van der Waals surface area contributed by atoms with Crippen molar-refractivity contribution in [3.63, 3.8) is 0 Å². The number of imidazole rings is 1. The molecule has 10 nitrogen and oxygen atoms in total. The van der Waals surface area contributed by atoms with E-state index in [1.165, 1.54) is 17.2 Å². The van der Waals surface area contributed by atoms with E-state index < -0.39 is 31.1 Å². The number of ether oxygens (including phenoxy) is 1. The van der Waals surface area contributed by atoms with Crippen molar-refractivity contribution in [2.45, 2.75) is 24.5 Å². The maximum absolute atomic E-state index is 9.95. The van der Waals surface area contributed by atoms with Gasteiger partial charge in [-0.3, -0.25) is 4.57 Å². The molecule has 2 aromatic heterocycles. The number of rotatable bonds is 2. The third-order valence-corrected chi connectivity index (χ3v) is 3.18. The lowest BCUT2D eigenvalue weighted by Gasteiger charge is -2.16. The zero-order valence-electron chi connectivity index (χ0n) is 10.3. The fourth-order valence-corrected chi connectivity index (χ4v) is 2.17. The van der Waals surface area contributed by atoms with Gasteiger partial charge in [-0.2, -0.15) is 0 Å². The third-order valence-electron chi connectivity index (χ3n) is 3.18. The van der Waals surface area contributed by atoms with Crippen LogP contribution in [0, 0.1) is 0 Å². The normalized spacial score (nSPS) is 29.6. The Labute approximate surface area is 112 Å². The van der Waals surface area contributed by atoms with Crippen molar-refractivity contribution in [3.8, 4) is 0 Å². The first-order valence-corrected chi connectivity index (χ1v) is 5.69. The molecule has 20 heavy (non-hydrogen) atoms. The standard InChI is InChI=1S/C10H13N5O4.H2O/c11-8-5-9(13-2-12-8)15(3-14-5)10-7(18)6(17)4(1-16)19-10;/h2-4,6-7,10,16-18H,1H2,(H2,11,12,13);1H2/t4?,6-,7+,10-;/m1./s1. The third kappa shape index (κ3) is 1.99. The van der Waals surface area contributed by atoms with Crippen LogP contribution in [0.25, 0.3) is 11.2 Å². The topological polar surface area (TPSA) is 171 Å². The van der Waals surface area contributed by atoms with Crippen molar-refractivity contribution in [2.75, 3.05) is 12.3 Å². The van der Waals surface area contributed by atoms with Gasteiger partial charge in [-0.15, -0.1) is 0 Å². The fraction of sp³-hybridized carbons (Fsp3) is 0.500. The quantitative estimate of drug-likeness (QED) is 0.458. The van der Waals surface area contributed by atoms with Crippen LogP contribution >= 0.6 is 0 Å². The van der Waals surface area contributed by atoms with E-state index in [9.17, 15) is 10.2 Å². The van der Waals surface area contributed by atoms with Crippen molar-refractivity contribution >= 4 is 17.0 Å². The summed E-state index contributed by atoms with van der Waals surface area (Å²) >= 11 is 0. The summed E-state index contributed by atoms with van der Waals surface area (Å²) in [5, 5.41) is 28.7. The molecule has 1 saturated heterocycles. The van der Waals surface area contributed by atoms with Crippen LogP contribution in [0.3, 0.4) is 0 Å². The van der Waals surface area contributed by atoms with Crippen LogP contribution in [-0.4, -0.2) is 65.2 Å². The molecule has 4 atom stereocenters. The SMILES string of the molecule is Nc1ncnc2c1ncn2[C@@H]1OC(CO)[C@@H](O)[C@@H]1O.O. The molecule has 0 aromatic carbocycles. The van der Waals surface area contributed by atoms with E-state index in [-0.39, 0.29) is 11.3 Å². The van der Waals surface area contributed by atoms with Crippen molar-refractivity contribution in [2.24, 2.45) is 0 Å². The Hall–Kier alpha value is -1.85. The number of aliphatic hydroxyl groups is 3. The fourth-order valence-electron chi connectivity index (χ4n) is 2.17. The monoisotopic (exact) mass is 285 g/mol. The lowest BCUT2D eigenvalue weighted by Crippen LogP contribution is -2.33. The minimum atomic E-state index is -1.19. The van der Waals surface area contributed by atoms with Crippen LogP contribution in [0.4, 0.5) is 5.82 Å². The molecule has 110 valence electrons. The molecule has 0 bridgehead atoms. The Bertz CT molecular complexity index is 605. The van der Waals surface area contributed by atoms with Crippen LogP contribution in [0.15, 0.2) is 12.7 Å². The smallest absolute Gasteiger partial charge is 0.167 e. The molecule has 3 rings (SSSR count). The largest absolute Gasteiger partial charge is 0.412 e. The molecule has 0 saturated carbocycles. The van der Waals surface area contributed by atoms with Gasteiger partial charge in [0.1, 0.15) is 30.2 Å². The summed E-state index contributed by atoms with van der Waals surface area (Å²) in [6, 6.07) is 0. The molecule has 1 fully saturated rings. The summed E-state index contributed by atoms with van der Waals surface area (Å²) in [7, 11) is 0. The summed E-state index contributed by atoms with van der Waals surface area (Å²) in [5.74, 6) is 0.218. The molecule has 1 unspecified atom stereocenters. The van der Waals surface area contributed by atoms with Gasteiger partial charge in [-0.25, -0.2) is 15.0 Å². The van der Waals surface area contributed by atoms with Gasteiger partial charge in [0, 0.05) is 0 Å². The van der Waals surface area contributed by atoms with E-state index in [2.05, 4.69) is 15.0 Å². The summed E-state index contributed by atoms with van der Waals surface area (Å²) in [4.78, 5) is 11.9. The number of hydrogen-bond acceptors (Lipinski definition) is 8. The number of anilines is 1. The average Bonchev–Trinajstić information content (AvgIpc) is 2.94. The predicted octanol–water partition coefficient (Wildman–Crippen LogP) is -2.80. The van der Waals surface area contributed by atoms with Crippen molar-refractivity contribution < 1.29 is 25.5 Å². The second-order valence-electron chi connectivity index (χ2n) is 4.31. The molecule has 3 heterocycles. The van der Waals surface area contributed by atoms with Gasteiger partial charge in [0.25, 0.3) is 0 Å². The number of nitrogen functional groups attached to an aromatic ring is 1. The highest BCUT2D eigenvalue weighted by Crippen LogP contribution is 2.31. The maximum Gasteiger partial charge on any atom is 0.167 e. The van der Waals surface area contributed by atoms with Crippen LogP contribution in [0.1, 0.15) is 6.23 Å². The number of fused-ring (bicyclic) bond motifs is 1. The first-order valence-electron chi connectivity index (χ1n) is 5.69. The maximum atomic E-state index is 9.95. The van der Waals surface area contributed by atoms with Gasteiger partial charge in [0.05, 0.1) is 12.9 Å². The lowest BCUT2D eigenvalue weighted by atomic mass is 10.1. The lowest BCUT2D eigenvalue weighted by molar-refractivity contribution is -0.0511. The molecule has 1 aliphatic rings. The summed E-state index contributed by atoms with van der Waals surface area (Å²) in [6.07, 6.45) is -1.42. The molecule has 10 heteroatoms. The van der Waals surface area contributed by atoms with Crippen LogP contribution in [0.5, 0.6) is 0 Å². The summed E-state index contributed by atoms with van der Waals surface area (Å²) in [5.41, 5.74) is 6.44. The predicted molar refractivity (Wildman–Crippen MR) is 66.4 cm³/mol. The zero-order chi connectivity index (χ0) is 13.6. The van der Waals surface area contributed by atoms with Gasteiger partial charge in [-0.1, -0.05) is 0 Å². The minimum Gasteiger partial charge on any atom is -0.412 e. The zero-order valence-corrected chi connectivity index (χ0v) is 10.3. The van der Waals surface area contributed by atoms with E-state index in [0.717, 1.165) is 0 Å². The highest BCUT2D eigenvalue weighted by atomic mass is 16.6. The first kappa shape index (κ1) is 14.6. The van der Waals surface area contributed by atoms with Gasteiger partial charge < -0.3 is 31.3 Å². The molecular formula is C10H15N5O5. The number of aliphatic hydroxyl groups excluding tert-OH is 3. The van der Waals surface area contributed by atoms with Gasteiger partial charge in [-0.05, 0) is 0 Å². The number of aromatic nitrogens is 4. The molecule has 7 N–H and O–H groups in total. The van der Waals surface area contributed by atoms with Crippen LogP contribution in [0.2, 0.25) is 0 Å². The van der Waals surface area contributed by atoms with Crippen LogP contribution in [-0.2, 0) is 4.74 Å². The van der Waals surface area contributed by atoms with E-state index >= 15 is 0 Å². The molecule has 0 radical (unpaired) electrons. The van der Waals surface area contributed by atoms with Crippen molar-refractivity contribution in [1.29, 1.82) is 0 Å². The van der Waals surface area contributed by atoms with E-state index in [1.54, 1.807) is 0 Å². The number of nitrogens with two attached hydrogens (primary N) is 1. The highest BCUT2D eigenvalue weighted by Gasteiger charge is 2.43. The van der Waals surface area contributed by atoms with Gasteiger partial charge in [0.2, 0.25) is 0 Å². The Kier molecular flexibility index (Phi) is 3.83. The Morgan fingerprint density at radius 3 is 2.65 bits per heavy atom. The number of hydrogen-bond donors (Lipinski definition) is 4. The summed E-state index contributed by atoms with van der Waals surface area (Å²) in [6.45, 7) is -0.390. The van der Waals surface area contributed by atoms with Gasteiger partial charge in [0.15, 0.2) is 17.7 Å². The molecular weight excluding hydrogens is 270 g/mol. The molecule has 0 aliphatic carbocycles. The van der Waals surface area contributed by atoms with E-state index in [4.69, 9.17) is 15.6 Å². The average molecular weight is 285 g/mol. The van der Waals surface area contributed by atoms with Crippen molar-refractivity contribution in [3.05, 3.63) is 12.7 Å². The first-order chi connectivity index (χ1) is 9.13. The minimum absolute atomic E-state index is 0.